The molecular weight excluding hydrogens is 284 g/mol. The Labute approximate surface area is 121 Å². The average molecular weight is 306 g/mol. The van der Waals surface area contributed by atoms with Gasteiger partial charge in [-0.1, -0.05) is 6.92 Å². The van der Waals surface area contributed by atoms with Crippen LogP contribution in [0, 0.1) is 0 Å². The van der Waals surface area contributed by atoms with Crippen LogP contribution in [0.2, 0.25) is 0 Å². The summed E-state index contributed by atoms with van der Waals surface area (Å²) in [5.41, 5.74) is -0.575. The minimum Gasteiger partial charge on any atom is -0.480 e. The molecule has 8 heteroatoms. The highest BCUT2D eigenvalue weighted by Crippen LogP contribution is 2.24. The van der Waals surface area contributed by atoms with E-state index in [0.29, 0.717) is 26.1 Å². The molecule has 7 nitrogen and oxygen atoms in total. The number of nitrogens with one attached hydrogen (secondary N) is 1. The molecule has 0 saturated carbocycles. The van der Waals surface area contributed by atoms with Crippen LogP contribution in [0.15, 0.2) is 0 Å². The summed E-state index contributed by atoms with van der Waals surface area (Å²) >= 11 is 0. The zero-order valence-electron chi connectivity index (χ0n) is 12.0. The van der Waals surface area contributed by atoms with Crippen molar-refractivity contribution in [1.82, 2.24) is 10.2 Å². The third kappa shape index (κ3) is 5.09. The number of carboxylic acid groups (broad SMARTS) is 1. The first-order valence-corrected chi connectivity index (χ1v) is 8.06. The largest absolute Gasteiger partial charge is 0.480 e. The van der Waals surface area contributed by atoms with E-state index < -0.39 is 22.4 Å². The van der Waals surface area contributed by atoms with Gasteiger partial charge in [-0.3, -0.25) is 4.21 Å². The van der Waals surface area contributed by atoms with Crippen LogP contribution in [0.5, 0.6) is 0 Å². The predicted molar refractivity (Wildman–Crippen MR) is 75.1 cm³/mol. The van der Waals surface area contributed by atoms with Gasteiger partial charge in [-0.25, -0.2) is 9.59 Å². The first-order valence-electron chi connectivity index (χ1n) is 6.44. The summed E-state index contributed by atoms with van der Waals surface area (Å²) in [5, 5.41) is 11.3. The molecule has 0 bridgehead atoms. The highest BCUT2D eigenvalue weighted by Gasteiger charge is 2.42. The molecule has 1 aliphatic rings. The molecule has 2 unspecified atom stereocenters. The van der Waals surface area contributed by atoms with Crippen LogP contribution >= 0.6 is 0 Å². The van der Waals surface area contributed by atoms with Gasteiger partial charge >= 0.3 is 12.0 Å². The topological polar surface area (TPSA) is 95.9 Å². The van der Waals surface area contributed by atoms with Crippen LogP contribution in [-0.2, 0) is 20.3 Å². The lowest BCUT2D eigenvalue weighted by molar-refractivity contribution is -0.159. The van der Waals surface area contributed by atoms with Crippen molar-refractivity contribution in [2.75, 3.05) is 32.5 Å². The summed E-state index contributed by atoms with van der Waals surface area (Å²) in [6, 6.07) is -0.199. The Morgan fingerprint density at radius 1 is 1.50 bits per heavy atom. The summed E-state index contributed by atoms with van der Waals surface area (Å²) in [5.74, 6) is -1.02. The number of aliphatic carboxylic acids is 1. The molecule has 2 amide bonds. The molecule has 20 heavy (non-hydrogen) atoms. The smallest absolute Gasteiger partial charge is 0.329 e. The molecule has 0 spiro atoms. The van der Waals surface area contributed by atoms with Crippen LogP contribution in [0.3, 0.4) is 0 Å². The number of rotatable bonds is 7. The fourth-order valence-corrected chi connectivity index (χ4v) is 2.34. The second-order valence-electron chi connectivity index (χ2n) is 5.32. The number of amides is 2. The van der Waals surface area contributed by atoms with Gasteiger partial charge in [-0.05, 0) is 13.3 Å². The van der Waals surface area contributed by atoms with E-state index in [0.717, 1.165) is 0 Å². The summed E-state index contributed by atoms with van der Waals surface area (Å²) in [7, 11) is -0.884. The second kappa shape index (κ2) is 7.03. The second-order valence-corrected chi connectivity index (χ2v) is 7.12. The van der Waals surface area contributed by atoms with E-state index in [2.05, 4.69) is 5.32 Å². The van der Waals surface area contributed by atoms with E-state index in [-0.39, 0.29) is 17.9 Å². The van der Waals surface area contributed by atoms with Gasteiger partial charge in [-0.15, -0.1) is 0 Å². The normalized spacial score (nSPS) is 19.9. The number of likely N-dealkylation sites (tertiary alicyclic amines) is 1. The van der Waals surface area contributed by atoms with Gasteiger partial charge in [0, 0.05) is 28.9 Å². The number of carbonyl (C=O) groups excluding carboxylic acids is 1. The number of urea groups is 1. The number of ether oxygens (including phenoxy) is 1. The quantitative estimate of drug-likeness (QED) is 0.692. The zero-order chi connectivity index (χ0) is 15.3. The van der Waals surface area contributed by atoms with Crippen molar-refractivity contribution in [3.63, 3.8) is 0 Å². The average Bonchev–Trinajstić information content (AvgIpc) is 2.32. The van der Waals surface area contributed by atoms with Crippen molar-refractivity contribution in [1.29, 1.82) is 0 Å². The Hall–Kier alpha value is -1.15. The summed E-state index contributed by atoms with van der Waals surface area (Å²) in [4.78, 5) is 23.8. The molecule has 0 aromatic rings. The Balaban J connectivity index is 2.21. The van der Waals surface area contributed by atoms with E-state index in [9.17, 15) is 13.8 Å². The number of carboxylic acids is 1. The fraction of sp³-hybridized carbons (Fsp3) is 0.833. The van der Waals surface area contributed by atoms with Crippen molar-refractivity contribution in [3.8, 4) is 0 Å². The molecule has 2 atom stereocenters. The highest BCUT2D eigenvalue weighted by molar-refractivity contribution is 7.84. The Morgan fingerprint density at radius 2 is 2.10 bits per heavy atom. The van der Waals surface area contributed by atoms with Crippen LogP contribution in [0.4, 0.5) is 4.79 Å². The first-order chi connectivity index (χ1) is 9.23. The van der Waals surface area contributed by atoms with Gasteiger partial charge in [0.15, 0.2) is 0 Å². The SMILES string of the molecule is CC(CCNC(=O)N1CC(C)(OCC(=O)O)C1)S(C)=O. The van der Waals surface area contributed by atoms with E-state index in [1.54, 1.807) is 18.1 Å². The van der Waals surface area contributed by atoms with Gasteiger partial charge in [0.05, 0.1) is 13.1 Å². The van der Waals surface area contributed by atoms with Crippen LogP contribution in [-0.4, -0.2) is 69.6 Å². The third-order valence-corrected chi connectivity index (χ3v) is 4.64. The van der Waals surface area contributed by atoms with Gasteiger partial charge in [-0.2, -0.15) is 0 Å². The Kier molecular flexibility index (Phi) is 5.94. The highest BCUT2D eigenvalue weighted by atomic mass is 32.2. The molecule has 0 aliphatic carbocycles. The summed E-state index contributed by atoms with van der Waals surface area (Å²) in [6.45, 7) is 4.53. The molecule has 116 valence electrons. The molecule has 1 aliphatic heterocycles. The lowest BCUT2D eigenvalue weighted by Gasteiger charge is -2.47. The van der Waals surface area contributed by atoms with Crippen molar-refractivity contribution in [2.45, 2.75) is 31.1 Å². The minimum atomic E-state index is -1.02. The number of carbonyl (C=O) groups is 2. The van der Waals surface area contributed by atoms with Crippen LogP contribution < -0.4 is 5.32 Å². The van der Waals surface area contributed by atoms with Gasteiger partial charge in [0.1, 0.15) is 12.2 Å². The maximum Gasteiger partial charge on any atom is 0.329 e. The first kappa shape index (κ1) is 16.9. The number of nitrogens with zero attached hydrogens (tertiary/aromatic N) is 1. The number of hydrogen-bond acceptors (Lipinski definition) is 4. The van der Waals surface area contributed by atoms with Gasteiger partial charge in [0.2, 0.25) is 0 Å². The molecule has 1 rings (SSSR count). The molecule has 0 aromatic carbocycles. The standard InChI is InChI=1S/C12H22N2O5S/c1-9(20(3)18)4-5-13-11(17)14-7-12(2,8-14)19-6-10(15)16/h9H,4-8H2,1-3H3,(H,13,17)(H,15,16). The lowest BCUT2D eigenvalue weighted by atomic mass is 9.97. The van der Waals surface area contributed by atoms with Crippen molar-refractivity contribution in [2.24, 2.45) is 0 Å². The van der Waals surface area contributed by atoms with Gasteiger partial charge < -0.3 is 20.1 Å². The minimum absolute atomic E-state index is 0.0517. The van der Waals surface area contributed by atoms with Crippen LogP contribution in [0.1, 0.15) is 20.3 Å². The predicted octanol–water partition coefficient (Wildman–Crippen LogP) is 0.0286. The number of hydrogen-bond donors (Lipinski definition) is 2. The molecule has 1 saturated heterocycles. The molecule has 0 aromatic heterocycles. The summed E-state index contributed by atoms with van der Waals surface area (Å²) in [6.07, 6.45) is 2.31. The zero-order valence-corrected chi connectivity index (χ0v) is 12.9. The molecule has 1 fully saturated rings. The maximum atomic E-state index is 11.8. The van der Waals surface area contributed by atoms with E-state index in [1.165, 1.54) is 0 Å². The molecular formula is C12H22N2O5S. The van der Waals surface area contributed by atoms with Crippen molar-refractivity contribution in [3.05, 3.63) is 0 Å². The third-order valence-electron chi connectivity index (χ3n) is 3.28. The van der Waals surface area contributed by atoms with Crippen molar-refractivity contribution >= 4 is 22.8 Å². The molecule has 2 N–H and O–H groups in total. The van der Waals surface area contributed by atoms with Crippen molar-refractivity contribution < 1.29 is 23.6 Å². The Bertz CT molecular complexity index is 395. The maximum absolute atomic E-state index is 11.8. The summed E-state index contributed by atoms with van der Waals surface area (Å²) < 4.78 is 16.4. The van der Waals surface area contributed by atoms with Crippen LogP contribution in [0.25, 0.3) is 0 Å². The fourth-order valence-electron chi connectivity index (χ4n) is 1.89. The van der Waals surface area contributed by atoms with E-state index in [4.69, 9.17) is 9.84 Å². The van der Waals surface area contributed by atoms with E-state index >= 15 is 0 Å². The lowest BCUT2D eigenvalue weighted by Crippen LogP contribution is -2.65. The monoisotopic (exact) mass is 306 g/mol. The Morgan fingerprint density at radius 3 is 2.60 bits per heavy atom. The van der Waals surface area contributed by atoms with E-state index in [1.807, 2.05) is 6.92 Å². The molecule has 0 radical (unpaired) electrons. The van der Waals surface area contributed by atoms with Gasteiger partial charge in [0.25, 0.3) is 0 Å². The molecule has 1 heterocycles.